The number of fused-ring (bicyclic) bond motifs is 4. The van der Waals surface area contributed by atoms with Crippen molar-refractivity contribution in [2.24, 2.45) is 0 Å². The highest BCUT2D eigenvalue weighted by Gasteiger charge is 2.38. The van der Waals surface area contributed by atoms with Crippen LogP contribution in [-0.2, 0) is 56.0 Å². The first kappa shape index (κ1) is 47.6. The van der Waals surface area contributed by atoms with E-state index in [2.05, 4.69) is 25.1 Å². The van der Waals surface area contributed by atoms with Crippen LogP contribution in [0.2, 0.25) is 0 Å². The van der Waals surface area contributed by atoms with Gasteiger partial charge in [0.1, 0.15) is 39.3 Å². The van der Waals surface area contributed by atoms with Gasteiger partial charge in [0, 0.05) is 24.9 Å². The second-order valence-corrected chi connectivity index (χ2v) is 20.8. The van der Waals surface area contributed by atoms with Crippen molar-refractivity contribution in [1.29, 1.82) is 0 Å². The van der Waals surface area contributed by atoms with E-state index in [0.29, 0.717) is 48.2 Å². The summed E-state index contributed by atoms with van der Waals surface area (Å²) in [5.74, 6) is 0.608. The number of unbranched alkanes of at least 4 members (excludes halogenated alkanes) is 1. The number of carbonyl (C=O) groups excluding carboxylic acids is 4. The third-order valence-electron chi connectivity index (χ3n) is 9.55. The predicted molar refractivity (Wildman–Crippen MR) is 240 cm³/mol. The Bertz CT molecular complexity index is 2290. The lowest BCUT2D eigenvalue weighted by Gasteiger charge is -2.31. The molecule has 0 saturated carbocycles. The molecule has 0 saturated heterocycles. The van der Waals surface area contributed by atoms with E-state index >= 15 is 0 Å². The van der Waals surface area contributed by atoms with E-state index in [4.69, 9.17) is 33.7 Å². The molecule has 62 heavy (non-hydrogen) atoms. The summed E-state index contributed by atoms with van der Waals surface area (Å²) in [6.07, 6.45) is 0.402. The van der Waals surface area contributed by atoms with Crippen LogP contribution in [0.5, 0.6) is 0 Å². The number of hydrogen-bond donors (Lipinski definition) is 0. The van der Waals surface area contributed by atoms with Gasteiger partial charge >= 0.3 is 24.4 Å². The number of rotatable bonds is 9. The molecule has 14 nitrogen and oxygen atoms in total. The summed E-state index contributed by atoms with van der Waals surface area (Å²) in [7, 11) is 0. The monoisotopic (exact) mass is 857 g/mol. The first-order valence-corrected chi connectivity index (χ1v) is 21.6. The van der Waals surface area contributed by atoms with E-state index in [1.807, 2.05) is 43.5 Å². The SMILES string of the molecule is CCCCc1nc2c(N(C(=O)OC(C)(C)C)C(=O)OC(C)(C)C)nc3cc(Cc4ccc5c(c4)CN(C(=O)OC(C)(C)C)CC5)ccc3c2n1CC(C)(C)OC(=O)OC(C)(C)C. The minimum atomic E-state index is -1.09. The lowest BCUT2D eigenvalue weighted by Crippen LogP contribution is -2.44. The Morgan fingerprint density at radius 3 is 1.85 bits per heavy atom. The Balaban J connectivity index is 1.69. The number of imidazole rings is 1. The summed E-state index contributed by atoms with van der Waals surface area (Å²) in [4.78, 5) is 67.0. The first-order chi connectivity index (χ1) is 28.5. The van der Waals surface area contributed by atoms with Gasteiger partial charge in [-0.1, -0.05) is 43.7 Å². The Morgan fingerprint density at radius 2 is 1.27 bits per heavy atom. The fourth-order valence-corrected chi connectivity index (χ4v) is 7.14. The van der Waals surface area contributed by atoms with Gasteiger partial charge < -0.3 is 33.2 Å². The van der Waals surface area contributed by atoms with E-state index in [1.165, 1.54) is 5.56 Å². The van der Waals surface area contributed by atoms with Crippen molar-refractivity contribution >= 4 is 52.2 Å². The molecule has 2 aromatic carbocycles. The van der Waals surface area contributed by atoms with Crippen LogP contribution in [0.3, 0.4) is 0 Å². The number of ether oxygens (including phenoxy) is 5. The van der Waals surface area contributed by atoms with Crippen LogP contribution in [-0.4, -0.2) is 78.4 Å². The molecule has 0 atom stereocenters. The van der Waals surface area contributed by atoms with Crippen molar-refractivity contribution in [3.63, 3.8) is 0 Å². The van der Waals surface area contributed by atoms with Gasteiger partial charge in [0.15, 0.2) is 5.82 Å². The van der Waals surface area contributed by atoms with Crippen molar-refractivity contribution in [2.45, 2.75) is 177 Å². The predicted octanol–water partition coefficient (Wildman–Crippen LogP) is 11.2. The van der Waals surface area contributed by atoms with Crippen molar-refractivity contribution in [3.8, 4) is 0 Å². The van der Waals surface area contributed by atoms with Gasteiger partial charge in [-0.3, -0.25) is 0 Å². The zero-order chi connectivity index (χ0) is 46.2. The van der Waals surface area contributed by atoms with Gasteiger partial charge in [0.05, 0.1) is 17.6 Å². The Hall–Kier alpha value is -5.40. The minimum absolute atomic E-state index is 0.0495. The van der Waals surface area contributed by atoms with Crippen molar-refractivity contribution in [3.05, 3.63) is 64.5 Å². The number of aromatic nitrogens is 3. The third-order valence-corrected chi connectivity index (χ3v) is 9.55. The van der Waals surface area contributed by atoms with E-state index in [9.17, 15) is 19.2 Å². The number of carbonyl (C=O) groups is 4. The molecular formula is C48H67N5O9. The van der Waals surface area contributed by atoms with Crippen LogP contribution in [0.25, 0.3) is 21.9 Å². The maximum Gasteiger partial charge on any atom is 0.509 e. The standard InChI is InChI=1S/C48H67N5O9/c1-16-17-18-36-50-37-38(52(36)29-48(14,15)62-43(57)61-47(11,12)13)34-22-20-31(25-30-19-21-32-23-24-51(28-33(32)26-30)40(54)58-44(2,3)4)27-35(34)49-39(37)53(41(55)59-45(5,6)7)42(56)60-46(8,9)10/h19-22,26-27H,16-18,23-25,28-29H2,1-15H3. The summed E-state index contributed by atoms with van der Waals surface area (Å²) in [6, 6.07) is 12.3. The first-order valence-electron chi connectivity index (χ1n) is 21.6. The zero-order valence-electron chi connectivity index (χ0n) is 39.5. The molecule has 3 amide bonds. The fraction of sp³-hybridized carbons (Fsp3) is 0.583. The molecule has 1 aliphatic heterocycles. The van der Waals surface area contributed by atoms with Gasteiger partial charge in [-0.2, -0.15) is 4.90 Å². The number of pyridine rings is 1. The van der Waals surface area contributed by atoms with Crippen LogP contribution in [0.15, 0.2) is 36.4 Å². The smallest absolute Gasteiger partial charge is 0.444 e. The van der Waals surface area contributed by atoms with Gasteiger partial charge in [0.25, 0.3) is 0 Å². The molecule has 0 bridgehead atoms. The summed E-state index contributed by atoms with van der Waals surface area (Å²) < 4.78 is 30.7. The molecular weight excluding hydrogens is 791 g/mol. The Morgan fingerprint density at radius 1 is 0.694 bits per heavy atom. The third kappa shape index (κ3) is 12.6. The van der Waals surface area contributed by atoms with Crippen LogP contribution < -0.4 is 4.90 Å². The molecule has 0 spiro atoms. The number of imide groups is 1. The topological polar surface area (TPSA) is 152 Å². The number of benzene rings is 2. The van der Waals surface area contributed by atoms with E-state index < -0.39 is 46.3 Å². The Kier molecular flexibility index (Phi) is 13.7. The lowest BCUT2D eigenvalue weighted by molar-refractivity contribution is -0.0582. The van der Waals surface area contributed by atoms with Crippen molar-refractivity contribution in [2.75, 3.05) is 11.4 Å². The highest BCUT2D eigenvalue weighted by molar-refractivity contribution is 6.17. The number of aryl methyl sites for hydroxylation is 1. The molecule has 0 fully saturated rings. The number of nitrogens with zero attached hydrogens (tertiary/aromatic N) is 5. The molecule has 0 radical (unpaired) electrons. The van der Waals surface area contributed by atoms with Crippen LogP contribution in [0.4, 0.5) is 25.0 Å². The molecule has 3 heterocycles. The average molecular weight is 858 g/mol. The van der Waals surface area contributed by atoms with Crippen molar-refractivity contribution in [1.82, 2.24) is 19.4 Å². The average Bonchev–Trinajstić information content (AvgIpc) is 3.44. The maximum absolute atomic E-state index is 14.2. The molecule has 338 valence electrons. The van der Waals surface area contributed by atoms with Crippen molar-refractivity contribution < 1.29 is 42.9 Å². The van der Waals surface area contributed by atoms with Crippen LogP contribution >= 0.6 is 0 Å². The maximum atomic E-state index is 14.2. The summed E-state index contributed by atoms with van der Waals surface area (Å²) in [5.41, 5.74) is 1.20. The zero-order valence-corrected chi connectivity index (χ0v) is 39.5. The van der Waals surface area contributed by atoms with Crippen LogP contribution in [0.1, 0.15) is 145 Å². The quantitative estimate of drug-likeness (QED) is 0.117. The number of hydrogen-bond acceptors (Lipinski definition) is 11. The molecule has 0 N–H and O–H groups in total. The van der Waals surface area contributed by atoms with Gasteiger partial charge in [0.2, 0.25) is 0 Å². The molecule has 1 aliphatic rings. The lowest BCUT2D eigenvalue weighted by atomic mass is 9.94. The highest BCUT2D eigenvalue weighted by Crippen LogP contribution is 2.36. The van der Waals surface area contributed by atoms with E-state index in [-0.39, 0.29) is 24.0 Å². The van der Waals surface area contributed by atoms with Crippen LogP contribution in [0, 0.1) is 0 Å². The van der Waals surface area contributed by atoms with Gasteiger partial charge in [-0.25, -0.2) is 29.1 Å². The molecule has 5 rings (SSSR count). The van der Waals surface area contributed by atoms with E-state index in [0.717, 1.165) is 40.9 Å². The van der Waals surface area contributed by atoms with Gasteiger partial charge in [-0.15, -0.1) is 0 Å². The largest absolute Gasteiger partial charge is 0.509 e. The van der Waals surface area contributed by atoms with Gasteiger partial charge in [-0.05, 0) is 145 Å². The molecule has 4 aromatic rings. The Labute approximate surface area is 366 Å². The second kappa shape index (κ2) is 17.8. The molecule has 0 unspecified atom stereocenters. The highest BCUT2D eigenvalue weighted by atomic mass is 16.7. The number of anilines is 1. The fourth-order valence-electron chi connectivity index (χ4n) is 7.14. The normalized spacial score (nSPS) is 13.8. The summed E-state index contributed by atoms with van der Waals surface area (Å²) >= 11 is 0. The molecule has 0 aliphatic carbocycles. The minimum Gasteiger partial charge on any atom is -0.444 e. The molecule has 14 heteroatoms. The number of amides is 3. The summed E-state index contributed by atoms with van der Waals surface area (Å²) in [5, 5.41) is 0.711. The summed E-state index contributed by atoms with van der Waals surface area (Å²) in [6.45, 7) is 28.1. The van der Waals surface area contributed by atoms with E-state index in [1.54, 1.807) is 81.1 Å². The second-order valence-electron chi connectivity index (χ2n) is 20.8. The molecule has 2 aromatic heterocycles.